The fourth-order valence-electron chi connectivity index (χ4n) is 1.70. The molecule has 0 radical (unpaired) electrons. The molecule has 5 heteroatoms. The zero-order chi connectivity index (χ0) is 13.8. The molecule has 19 heavy (non-hydrogen) atoms. The summed E-state index contributed by atoms with van der Waals surface area (Å²) in [6.45, 7) is 4.26. The molecule has 1 heterocycles. The van der Waals surface area contributed by atoms with Gasteiger partial charge in [-0.25, -0.2) is 4.98 Å². The van der Waals surface area contributed by atoms with Crippen molar-refractivity contribution < 1.29 is 4.92 Å². The topological polar surface area (TPSA) is 68.1 Å². The van der Waals surface area contributed by atoms with E-state index >= 15 is 0 Å². The first kappa shape index (κ1) is 13.0. The highest BCUT2D eigenvalue weighted by atomic mass is 16.6. The Morgan fingerprint density at radius 2 is 1.89 bits per heavy atom. The van der Waals surface area contributed by atoms with Gasteiger partial charge in [0.25, 0.3) is 5.69 Å². The van der Waals surface area contributed by atoms with Crippen LogP contribution in [-0.2, 0) is 0 Å². The van der Waals surface area contributed by atoms with Crippen molar-refractivity contribution in [1.82, 2.24) is 4.98 Å². The smallest absolute Gasteiger partial charge is 0.274 e. The standard InChI is InChI=1S/C14H15N3O2/c1-10(2)11-3-5-12(6-4-11)16-14-9-13(17(18)19)7-8-15-14/h3-10H,1-2H3,(H,15,16). The molecule has 0 aliphatic carbocycles. The van der Waals surface area contributed by atoms with Gasteiger partial charge in [0.15, 0.2) is 0 Å². The second kappa shape index (κ2) is 5.48. The summed E-state index contributed by atoms with van der Waals surface area (Å²) in [6, 6.07) is 10.7. The van der Waals surface area contributed by atoms with E-state index in [4.69, 9.17) is 0 Å². The number of aromatic nitrogens is 1. The summed E-state index contributed by atoms with van der Waals surface area (Å²) in [6.07, 6.45) is 1.42. The molecule has 0 spiro atoms. The molecule has 0 bridgehead atoms. The average Bonchev–Trinajstić information content (AvgIpc) is 2.39. The zero-order valence-corrected chi connectivity index (χ0v) is 10.8. The third-order valence-corrected chi connectivity index (χ3v) is 2.80. The third kappa shape index (κ3) is 3.28. The highest BCUT2D eigenvalue weighted by Gasteiger charge is 2.07. The first-order chi connectivity index (χ1) is 9.06. The summed E-state index contributed by atoms with van der Waals surface area (Å²) in [5, 5.41) is 13.7. The van der Waals surface area contributed by atoms with Gasteiger partial charge in [-0.05, 0) is 23.6 Å². The van der Waals surface area contributed by atoms with E-state index in [0.29, 0.717) is 11.7 Å². The summed E-state index contributed by atoms with van der Waals surface area (Å²) >= 11 is 0. The largest absolute Gasteiger partial charge is 0.340 e. The van der Waals surface area contributed by atoms with Gasteiger partial charge in [0.1, 0.15) is 5.82 Å². The second-order valence-corrected chi connectivity index (χ2v) is 4.56. The zero-order valence-electron chi connectivity index (χ0n) is 10.8. The van der Waals surface area contributed by atoms with Gasteiger partial charge < -0.3 is 5.32 Å². The number of benzene rings is 1. The molecule has 2 aromatic rings. The maximum absolute atomic E-state index is 10.7. The van der Waals surface area contributed by atoms with Crippen molar-refractivity contribution in [3.05, 3.63) is 58.3 Å². The van der Waals surface area contributed by atoms with Gasteiger partial charge in [0.05, 0.1) is 11.0 Å². The van der Waals surface area contributed by atoms with Crippen molar-refractivity contribution in [2.45, 2.75) is 19.8 Å². The van der Waals surface area contributed by atoms with E-state index in [1.165, 1.54) is 23.9 Å². The molecule has 1 aromatic heterocycles. The molecule has 5 nitrogen and oxygen atoms in total. The molecule has 98 valence electrons. The summed E-state index contributed by atoms with van der Waals surface area (Å²) < 4.78 is 0. The molecular formula is C14H15N3O2. The van der Waals surface area contributed by atoms with Gasteiger partial charge >= 0.3 is 0 Å². The molecule has 0 aliphatic heterocycles. The van der Waals surface area contributed by atoms with Crippen LogP contribution >= 0.6 is 0 Å². The van der Waals surface area contributed by atoms with Crippen molar-refractivity contribution in [3.63, 3.8) is 0 Å². The van der Waals surface area contributed by atoms with Crippen molar-refractivity contribution in [1.29, 1.82) is 0 Å². The molecule has 1 aromatic carbocycles. The Labute approximate surface area is 111 Å². The van der Waals surface area contributed by atoms with E-state index in [-0.39, 0.29) is 5.69 Å². The Balaban J connectivity index is 2.16. The number of hydrogen-bond donors (Lipinski definition) is 1. The number of hydrogen-bond acceptors (Lipinski definition) is 4. The van der Waals surface area contributed by atoms with E-state index in [1.807, 2.05) is 24.3 Å². The Morgan fingerprint density at radius 1 is 1.21 bits per heavy atom. The van der Waals surface area contributed by atoms with Crippen LogP contribution in [0.15, 0.2) is 42.6 Å². The first-order valence-corrected chi connectivity index (χ1v) is 6.03. The van der Waals surface area contributed by atoms with Crippen LogP contribution in [0.5, 0.6) is 0 Å². The maximum Gasteiger partial charge on any atom is 0.274 e. The number of pyridine rings is 1. The number of nitrogens with zero attached hydrogens (tertiary/aromatic N) is 2. The molecule has 0 aliphatic rings. The fourth-order valence-corrected chi connectivity index (χ4v) is 1.70. The van der Waals surface area contributed by atoms with Crippen LogP contribution in [-0.4, -0.2) is 9.91 Å². The van der Waals surface area contributed by atoms with E-state index < -0.39 is 4.92 Å². The third-order valence-electron chi connectivity index (χ3n) is 2.80. The van der Waals surface area contributed by atoms with Crippen LogP contribution in [0.4, 0.5) is 17.2 Å². The SMILES string of the molecule is CC(C)c1ccc(Nc2cc([N+](=O)[O-])ccn2)cc1. The van der Waals surface area contributed by atoms with E-state index in [1.54, 1.807) is 0 Å². The molecule has 1 N–H and O–H groups in total. The van der Waals surface area contributed by atoms with Gasteiger partial charge in [-0.3, -0.25) is 10.1 Å². The minimum Gasteiger partial charge on any atom is -0.340 e. The van der Waals surface area contributed by atoms with Crippen LogP contribution < -0.4 is 5.32 Å². The van der Waals surface area contributed by atoms with E-state index in [0.717, 1.165) is 5.69 Å². The Morgan fingerprint density at radius 3 is 2.47 bits per heavy atom. The molecule has 2 rings (SSSR count). The highest BCUT2D eigenvalue weighted by molar-refractivity contribution is 5.58. The molecule has 0 saturated carbocycles. The van der Waals surface area contributed by atoms with Gasteiger partial charge in [-0.2, -0.15) is 0 Å². The number of anilines is 2. The second-order valence-electron chi connectivity index (χ2n) is 4.56. The lowest BCUT2D eigenvalue weighted by molar-refractivity contribution is -0.384. The van der Waals surface area contributed by atoms with Crippen molar-refractivity contribution >= 4 is 17.2 Å². The van der Waals surface area contributed by atoms with Crippen LogP contribution in [0, 0.1) is 10.1 Å². The van der Waals surface area contributed by atoms with Crippen LogP contribution in [0.2, 0.25) is 0 Å². The predicted molar refractivity (Wildman–Crippen MR) is 74.7 cm³/mol. The van der Waals surface area contributed by atoms with Gasteiger partial charge in [-0.15, -0.1) is 0 Å². The first-order valence-electron chi connectivity index (χ1n) is 6.03. The number of nitro groups is 1. The fraction of sp³-hybridized carbons (Fsp3) is 0.214. The summed E-state index contributed by atoms with van der Waals surface area (Å²) in [5.41, 5.74) is 2.13. The van der Waals surface area contributed by atoms with E-state index in [9.17, 15) is 10.1 Å². The molecule has 0 atom stereocenters. The van der Waals surface area contributed by atoms with Gasteiger partial charge in [0, 0.05) is 18.0 Å². The monoisotopic (exact) mass is 257 g/mol. The Hall–Kier alpha value is -2.43. The van der Waals surface area contributed by atoms with Crippen molar-refractivity contribution in [2.75, 3.05) is 5.32 Å². The van der Waals surface area contributed by atoms with E-state index in [2.05, 4.69) is 24.1 Å². The molecule has 0 fully saturated rings. The highest BCUT2D eigenvalue weighted by Crippen LogP contribution is 2.21. The lowest BCUT2D eigenvalue weighted by Gasteiger charge is -2.08. The van der Waals surface area contributed by atoms with Gasteiger partial charge in [0.2, 0.25) is 0 Å². The Bertz CT molecular complexity index is 579. The minimum atomic E-state index is -0.436. The maximum atomic E-state index is 10.7. The quantitative estimate of drug-likeness (QED) is 0.667. The molecule has 0 saturated heterocycles. The number of nitrogens with one attached hydrogen (secondary N) is 1. The van der Waals surface area contributed by atoms with Crippen molar-refractivity contribution in [2.24, 2.45) is 0 Å². The molecular weight excluding hydrogens is 242 g/mol. The van der Waals surface area contributed by atoms with Crippen LogP contribution in [0.3, 0.4) is 0 Å². The normalized spacial score (nSPS) is 10.5. The van der Waals surface area contributed by atoms with Crippen LogP contribution in [0.1, 0.15) is 25.3 Å². The predicted octanol–water partition coefficient (Wildman–Crippen LogP) is 3.86. The molecule has 0 unspecified atom stereocenters. The summed E-state index contributed by atoms with van der Waals surface area (Å²) in [4.78, 5) is 14.3. The summed E-state index contributed by atoms with van der Waals surface area (Å²) in [5.74, 6) is 0.941. The number of rotatable bonds is 4. The van der Waals surface area contributed by atoms with Gasteiger partial charge in [-0.1, -0.05) is 26.0 Å². The molecule has 0 amide bonds. The summed E-state index contributed by atoms with van der Waals surface area (Å²) in [7, 11) is 0. The minimum absolute atomic E-state index is 0.0244. The lowest BCUT2D eigenvalue weighted by Crippen LogP contribution is -1.96. The van der Waals surface area contributed by atoms with Crippen molar-refractivity contribution in [3.8, 4) is 0 Å². The van der Waals surface area contributed by atoms with Crippen LogP contribution in [0.25, 0.3) is 0 Å². The lowest BCUT2D eigenvalue weighted by atomic mass is 10.0. The Kier molecular flexibility index (Phi) is 3.75. The average molecular weight is 257 g/mol.